The van der Waals surface area contributed by atoms with Gasteiger partial charge in [-0.15, -0.1) is 0 Å². The third-order valence-electron chi connectivity index (χ3n) is 3.72. The van der Waals surface area contributed by atoms with Gasteiger partial charge in [0.2, 0.25) is 0 Å². The molecule has 0 aliphatic heterocycles. The van der Waals surface area contributed by atoms with Gasteiger partial charge in [-0.1, -0.05) is 72.3 Å². The lowest BCUT2D eigenvalue weighted by Gasteiger charge is -2.14. The minimum Gasteiger partial charge on any atom is -0.467 e. The van der Waals surface area contributed by atoms with Crippen LogP contribution in [0.1, 0.15) is 22.9 Å². The summed E-state index contributed by atoms with van der Waals surface area (Å²) in [4.78, 5) is 25.3. The van der Waals surface area contributed by atoms with Gasteiger partial charge in [0.15, 0.2) is 11.2 Å². The lowest BCUT2D eigenvalue weighted by Crippen LogP contribution is -2.17. The lowest BCUT2D eigenvalue weighted by atomic mass is 10.0. The number of halogens is 1. The van der Waals surface area contributed by atoms with E-state index in [2.05, 4.69) is 15.0 Å². The highest BCUT2D eigenvalue weighted by molar-refractivity contribution is 6.30. The van der Waals surface area contributed by atoms with Crippen molar-refractivity contribution in [2.75, 3.05) is 7.11 Å². The number of benzene rings is 2. The summed E-state index contributed by atoms with van der Waals surface area (Å²) in [5.41, 5.74) is 2.63. The standard InChI is InChI=1S/C20H16ClN3O2/c1-26-20(25)18(17-19(21)23-13-12-22-17)24-16(14-8-4-2-5-9-14)15-10-6-3-7-11-15/h2-13,18H,1H3. The summed E-state index contributed by atoms with van der Waals surface area (Å²) in [5, 5.41) is 0.118. The number of rotatable bonds is 5. The van der Waals surface area contributed by atoms with Crippen LogP contribution in [-0.4, -0.2) is 28.8 Å². The molecule has 2 aromatic carbocycles. The van der Waals surface area contributed by atoms with E-state index in [1.54, 1.807) is 0 Å². The van der Waals surface area contributed by atoms with Crippen LogP contribution in [0.15, 0.2) is 78.0 Å². The van der Waals surface area contributed by atoms with E-state index >= 15 is 0 Å². The summed E-state index contributed by atoms with van der Waals surface area (Å²) in [6.07, 6.45) is 2.93. The zero-order chi connectivity index (χ0) is 18.4. The fourth-order valence-corrected chi connectivity index (χ4v) is 2.70. The van der Waals surface area contributed by atoms with E-state index in [1.807, 2.05) is 60.7 Å². The van der Waals surface area contributed by atoms with Crippen molar-refractivity contribution in [2.45, 2.75) is 6.04 Å². The first-order valence-electron chi connectivity index (χ1n) is 7.93. The Labute approximate surface area is 156 Å². The van der Waals surface area contributed by atoms with Gasteiger partial charge in [0, 0.05) is 23.5 Å². The fraction of sp³-hybridized carbons (Fsp3) is 0.100. The molecule has 130 valence electrons. The maximum absolute atomic E-state index is 12.4. The van der Waals surface area contributed by atoms with Gasteiger partial charge < -0.3 is 4.74 Å². The van der Waals surface area contributed by atoms with Crippen molar-refractivity contribution in [1.29, 1.82) is 0 Å². The van der Waals surface area contributed by atoms with Gasteiger partial charge in [-0.25, -0.2) is 9.78 Å². The van der Waals surface area contributed by atoms with Gasteiger partial charge >= 0.3 is 5.97 Å². The van der Waals surface area contributed by atoms with Crippen LogP contribution in [0, 0.1) is 0 Å². The number of carbonyl (C=O) groups is 1. The Morgan fingerprint density at radius 1 is 0.962 bits per heavy atom. The molecule has 0 aliphatic carbocycles. The molecule has 0 N–H and O–H groups in total. The van der Waals surface area contributed by atoms with E-state index in [0.29, 0.717) is 5.71 Å². The number of aromatic nitrogens is 2. The molecule has 26 heavy (non-hydrogen) atoms. The summed E-state index contributed by atoms with van der Waals surface area (Å²) in [7, 11) is 1.31. The smallest absolute Gasteiger partial charge is 0.337 e. The molecule has 3 aromatic rings. The monoisotopic (exact) mass is 365 g/mol. The highest BCUT2D eigenvalue weighted by Gasteiger charge is 2.26. The first-order chi connectivity index (χ1) is 12.7. The van der Waals surface area contributed by atoms with E-state index in [9.17, 15) is 4.79 Å². The summed E-state index contributed by atoms with van der Waals surface area (Å²) in [6.45, 7) is 0. The Balaban J connectivity index is 2.18. The maximum atomic E-state index is 12.4. The van der Waals surface area contributed by atoms with Crippen molar-refractivity contribution in [3.05, 3.63) is 95.0 Å². The van der Waals surface area contributed by atoms with Crippen LogP contribution in [0.5, 0.6) is 0 Å². The fourth-order valence-electron chi connectivity index (χ4n) is 2.49. The second-order valence-electron chi connectivity index (χ2n) is 5.37. The van der Waals surface area contributed by atoms with Gasteiger partial charge in [0.05, 0.1) is 12.8 Å². The molecule has 0 saturated heterocycles. The molecule has 0 spiro atoms. The van der Waals surface area contributed by atoms with Gasteiger partial charge in [-0.3, -0.25) is 9.98 Å². The zero-order valence-electron chi connectivity index (χ0n) is 14.0. The first-order valence-corrected chi connectivity index (χ1v) is 8.31. The number of aliphatic imine (C=N–C) groups is 1. The molecule has 6 heteroatoms. The molecule has 0 saturated carbocycles. The predicted octanol–water partition coefficient (Wildman–Crippen LogP) is 3.88. The van der Waals surface area contributed by atoms with Crippen LogP contribution in [0.2, 0.25) is 5.15 Å². The molecule has 0 bridgehead atoms. The quantitative estimate of drug-likeness (QED) is 0.508. The average molecular weight is 366 g/mol. The number of methoxy groups -OCH3 is 1. The molecule has 3 rings (SSSR count). The predicted molar refractivity (Wildman–Crippen MR) is 100 cm³/mol. The number of nitrogens with zero attached hydrogens (tertiary/aromatic N) is 3. The van der Waals surface area contributed by atoms with Crippen molar-refractivity contribution in [2.24, 2.45) is 4.99 Å². The molecule has 0 radical (unpaired) electrons. The third-order valence-corrected chi connectivity index (χ3v) is 4.01. The molecular formula is C20H16ClN3O2. The maximum Gasteiger partial charge on any atom is 0.337 e. The second kappa shape index (κ2) is 8.36. The minimum absolute atomic E-state index is 0.118. The Hall–Kier alpha value is -3.05. The molecule has 0 aliphatic rings. The molecule has 1 unspecified atom stereocenters. The van der Waals surface area contributed by atoms with Crippen LogP contribution in [0.4, 0.5) is 0 Å². The van der Waals surface area contributed by atoms with Crippen LogP contribution < -0.4 is 0 Å². The van der Waals surface area contributed by atoms with Crippen LogP contribution in [0.3, 0.4) is 0 Å². The Kier molecular flexibility index (Phi) is 5.71. The minimum atomic E-state index is -1.02. The third kappa shape index (κ3) is 3.95. The van der Waals surface area contributed by atoms with E-state index in [-0.39, 0.29) is 10.8 Å². The van der Waals surface area contributed by atoms with Gasteiger partial charge in [0.25, 0.3) is 0 Å². The summed E-state index contributed by atoms with van der Waals surface area (Å²) < 4.78 is 4.92. The largest absolute Gasteiger partial charge is 0.467 e. The summed E-state index contributed by atoms with van der Waals surface area (Å²) in [5.74, 6) is -0.559. The van der Waals surface area contributed by atoms with Gasteiger partial charge in [-0.05, 0) is 0 Å². The SMILES string of the molecule is COC(=O)C(N=C(c1ccccc1)c1ccccc1)c1nccnc1Cl. The van der Waals surface area contributed by atoms with Gasteiger partial charge in [-0.2, -0.15) is 0 Å². The van der Waals surface area contributed by atoms with Gasteiger partial charge in [0.1, 0.15) is 5.69 Å². The summed E-state index contributed by atoms with van der Waals surface area (Å²) >= 11 is 6.14. The number of hydrogen-bond donors (Lipinski definition) is 0. The van der Waals surface area contributed by atoms with Crippen molar-refractivity contribution in [1.82, 2.24) is 9.97 Å². The van der Waals surface area contributed by atoms with E-state index < -0.39 is 12.0 Å². The number of ether oxygens (including phenoxy) is 1. The summed E-state index contributed by atoms with van der Waals surface area (Å²) in [6, 6.07) is 18.2. The molecular weight excluding hydrogens is 350 g/mol. The molecule has 1 aromatic heterocycles. The first kappa shape index (κ1) is 17.8. The van der Waals surface area contributed by atoms with E-state index in [4.69, 9.17) is 16.3 Å². The van der Waals surface area contributed by atoms with Crippen molar-refractivity contribution in [3.63, 3.8) is 0 Å². The molecule has 1 heterocycles. The van der Waals surface area contributed by atoms with Crippen LogP contribution in [-0.2, 0) is 9.53 Å². The zero-order valence-corrected chi connectivity index (χ0v) is 14.8. The average Bonchev–Trinajstić information content (AvgIpc) is 2.70. The van der Waals surface area contributed by atoms with E-state index in [0.717, 1.165) is 11.1 Å². The van der Waals surface area contributed by atoms with Crippen molar-refractivity contribution in [3.8, 4) is 0 Å². The lowest BCUT2D eigenvalue weighted by molar-refractivity contribution is -0.142. The molecule has 0 amide bonds. The van der Waals surface area contributed by atoms with Crippen LogP contribution >= 0.6 is 11.6 Å². The topological polar surface area (TPSA) is 64.4 Å². The second-order valence-corrected chi connectivity index (χ2v) is 5.73. The molecule has 1 atom stereocenters. The number of esters is 1. The number of carbonyl (C=O) groups excluding carboxylic acids is 1. The Morgan fingerprint density at radius 2 is 1.50 bits per heavy atom. The Morgan fingerprint density at radius 3 is 2.00 bits per heavy atom. The number of hydrogen-bond acceptors (Lipinski definition) is 5. The van der Waals surface area contributed by atoms with Crippen molar-refractivity contribution < 1.29 is 9.53 Å². The Bertz CT molecular complexity index is 873. The van der Waals surface area contributed by atoms with Crippen molar-refractivity contribution >= 4 is 23.3 Å². The molecule has 0 fully saturated rings. The normalized spacial score (nSPS) is 11.5. The molecule has 5 nitrogen and oxygen atoms in total. The van der Waals surface area contributed by atoms with Crippen LogP contribution in [0.25, 0.3) is 0 Å². The highest BCUT2D eigenvalue weighted by Crippen LogP contribution is 2.25. The van der Waals surface area contributed by atoms with E-state index in [1.165, 1.54) is 19.5 Å². The highest BCUT2D eigenvalue weighted by atomic mass is 35.5.